The van der Waals surface area contributed by atoms with E-state index in [2.05, 4.69) is 85.8 Å². The molecule has 1 aromatic heterocycles. The van der Waals surface area contributed by atoms with E-state index in [1.54, 1.807) is 11.3 Å². The Balaban J connectivity index is 1.53. The van der Waals surface area contributed by atoms with Crippen molar-refractivity contribution in [1.82, 2.24) is 4.98 Å². The van der Waals surface area contributed by atoms with Gasteiger partial charge in [0.25, 0.3) is 0 Å². The van der Waals surface area contributed by atoms with Gasteiger partial charge in [-0.2, -0.15) is 5.10 Å². The van der Waals surface area contributed by atoms with Crippen molar-refractivity contribution in [3.8, 4) is 11.3 Å². The molecule has 1 aliphatic heterocycles. The molecule has 0 saturated carbocycles. The molecular weight excluding hydrogens is 434 g/mol. The third-order valence-electron chi connectivity index (χ3n) is 6.04. The average molecular weight is 458 g/mol. The number of thiazole rings is 1. The van der Waals surface area contributed by atoms with Crippen LogP contribution in [-0.2, 0) is 0 Å². The van der Waals surface area contributed by atoms with Gasteiger partial charge < -0.3 is 0 Å². The molecule has 5 heteroatoms. The molecular formula is C27H24ClN3S. The van der Waals surface area contributed by atoms with E-state index in [1.165, 1.54) is 22.3 Å². The summed E-state index contributed by atoms with van der Waals surface area (Å²) in [5.74, 6) is 0. The van der Waals surface area contributed by atoms with E-state index in [-0.39, 0.29) is 6.04 Å². The summed E-state index contributed by atoms with van der Waals surface area (Å²) in [6.07, 6.45) is 0.823. The minimum atomic E-state index is 0.0855. The molecule has 0 spiro atoms. The second-order valence-electron chi connectivity index (χ2n) is 8.34. The lowest BCUT2D eigenvalue weighted by atomic mass is 9.98. The van der Waals surface area contributed by atoms with E-state index in [0.717, 1.165) is 39.1 Å². The van der Waals surface area contributed by atoms with E-state index >= 15 is 0 Å². The first-order chi connectivity index (χ1) is 15.5. The highest BCUT2D eigenvalue weighted by Gasteiger charge is 2.31. The third-order valence-corrected chi connectivity index (χ3v) is 7.12. The first-order valence-electron chi connectivity index (χ1n) is 10.7. The summed E-state index contributed by atoms with van der Waals surface area (Å²) in [5.41, 5.74) is 9.36. The minimum Gasteiger partial charge on any atom is -0.231 e. The predicted molar refractivity (Wildman–Crippen MR) is 136 cm³/mol. The quantitative estimate of drug-likeness (QED) is 0.313. The van der Waals surface area contributed by atoms with E-state index in [0.29, 0.717) is 0 Å². The van der Waals surface area contributed by atoms with Gasteiger partial charge in [-0.05, 0) is 61.2 Å². The largest absolute Gasteiger partial charge is 0.231 e. The lowest BCUT2D eigenvalue weighted by Crippen LogP contribution is -2.18. The van der Waals surface area contributed by atoms with Gasteiger partial charge >= 0.3 is 0 Å². The van der Waals surface area contributed by atoms with Crippen LogP contribution in [0, 0.1) is 20.8 Å². The van der Waals surface area contributed by atoms with Crippen LogP contribution in [-0.4, -0.2) is 10.7 Å². The third kappa shape index (κ3) is 4.08. The zero-order valence-corrected chi connectivity index (χ0v) is 19.9. The van der Waals surface area contributed by atoms with Crippen LogP contribution in [0.3, 0.4) is 0 Å². The Kier molecular flexibility index (Phi) is 5.58. The summed E-state index contributed by atoms with van der Waals surface area (Å²) < 4.78 is 0. The molecule has 4 aromatic rings. The Hall–Kier alpha value is -2.95. The van der Waals surface area contributed by atoms with Gasteiger partial charge in [0, 0.05) is 22.4 Å². The summed E-state index contributed by atoms with van der Waals surface area (Å²) in [7, 11) is 0. The molecule has 1 atom stereocenters. The Labute approximate surface area is 198 Å². The number of aryl methyl sites for hydroxylation is 3. The average Bonchev–Trinajstić information content (AvgIpc) is 3.44. The number of hydrazone groups is 1. The van der Waals surface area contributed by atoms with Crippen molar-refractivity contribution in [2.75, 3.05) is 5.01 Å². The van der Waals surface area contributed by atoms with Crippen molar-refractivity contribution in [2.45, 2.75) is 33.2 Å². The van der Waals surface area contributed by atoms with Crippen LogP contribution in [0.1, 0.15) is 40.3 Å². The number of rotatable bonds is 4. The molecule has 0 N–H and O–H groups in total. The van der Waals surface area contributed by atoms with Crippen molar-refractivity contribution in [3.05, 3.63) is 105 Å². The van der Waals surface area contributed by atoms with E-state index in [9.17, 15) is 0 Å². The van der Waals surface area contributed by atoms with Crippen LogP contribution in [0.4, 0.5) is 5.13 Å². The number of anilines is 1. The fourth-order valence-corrected chi connectivity index (χ4v) is 4.91. The monoisotopic (exact) mass is 457 g/mol. The molecule has 3 aromatic carbocycles. The lowest BCUT2D eigenvalue weighted by molar-refractivity contribution is 0.706. The zero-order valence-electron chi connectivity index (χ0n) is 18.3. The number of aromatic nitrogens is 1. The van der Waals surface area contributed by atoms with Crippen molar-refractivity contribution in [1.29, 1.82) is 0 Å². The van der Waals surface area contributed by atoms with E-state index in [1.807, 2.05) is 12.1 Å². The van der Waals surface area contributed by atoms with Crippen LogP contribution in [0.15, 0.2) is 77.2 Å². The molecule has 3 nitrogen and oxygen atoms in total. The first kappa shape index (κ1) is 20.9. The second-order valence-corrected chi connectivity index (χ2v) is 9.62. The topological polar surface area (TPSA) is 28.5 Å². The summed E-state index contributed by atoms with van der Waals surface area (Å²) in [6, 6.07) is 23.2. The molecule has 5 rings (SSSR count). The fraction of sp³-hybridized carbons (Fsp3) is 0.185. The Morgan fingerprint density at radius 2 is 1.59 bits per heavy atom. The molecule has 0 unspecified atom stereocenters. The van der Waals surface area contributed by atoms with E-state index in [4.69, 9.17) is 21.7 Å². The molecule has 0 bridgehead atoms. The fourth-order valence-electron chi connectivity index (χ4n) is 3.95. The van der Waals surface area contributed by atoms with Gasteiger partial charge in [-0.3, -0.25) is 0 Å². The van der Waals surface area contributed by atoms with Crippen LogP contribution in [0.5, 0.6) is 0 Å². The van der Waals surface area contributed by atoms with Gasteiger partial charge in [-0.15, -0.1) is 11.3 Å². The minimum absolute atomic E-state index is 0.0855. The second kappa shape index (κ2) is 8.53. The highest BCUT2D eigenvalue weighted by atomic mass is 35.5. The molecule has 0 amide bonds. The highest BCUT2D eigenvalue weighted by Crippen LogP contribution is 2.39. The van der Waals surface area contributed by atoms with Crippen LogP contribution in [0.25, 0.3) is 11.3 Å². The predicted octanol–water partition coefficient (Wildman–Crippen LogP) is 7.74. The number of halogens is 1. The molecule has 0 aliphatic carbocycles. The standard InChI is InChI=1S/C27H24ClN3S/c1-17-4-7-20(8-5-17)24-15-26(21-10-12-23(28)13-11-21)31(30-24)27-29-25(16-32-27)22-9-6-18(2)19(3)14-22/h4-14,16,26H,15H2,1-3H3/t26-/m0/s1. The van der Waals surface area contributed by atoms with E-state index < -0.39 is 0 Å². The SMILES string of the molecule is Cc1ccc(C2=NN(c3nc(-c4ccc(C)c(C)c4)cs3)[C@H](c3ccc(Cl)cc3)C2)cc1. The number of hydrogen-bond donors (Lipinski definition) is 0. The van der Waals surface area contributed by atoms with Gasteiger partial charge in [0.15, 0.2) is 0 Å². The first-order valence-corrected chi connectivity index (χ1v) is 12.0. The normalized spacial score (nSPS) is 15.8. The maximum atomic E-state index is 6.15. The van der Waals surface area contributed by atoms with Crippen LogP contribution >= 0.6 is 22.9 Å². The van der Waals surface area contributed by atoms with Crippen LogP contribution < -0.4 is 5.01 Å². The Bertz CT molecular complexity index is 1290. The van der Waals surface area contributed by atoms with Crippen molar-refractivity contribution in [3.63, 3.8) is 0 Å². The zero-order chi connectivity index (χ0) is 22.2. The molecule has 32 heavy (non-hydrogen) atoms. The van der Waals surface area contributed by atoms with Crippen molar-refractivity contribution in [2.24, 2.45) is 5.10 Å². The Morgan fingerprint density at radius 1 is 0.875 bits per heavy atom. The summed E-state index contributed by atoms with van der Waals surface area (Å²) in [6.45, 7) is 6.38. The van der Waals surface area contributed by atoms with Gasteiger partial charge in [0.05, 0.1) is 17.4 Å². The van der Waals surface area contributed by atoms with Gasteiger partial charge in [-0.25, -0.2) is 9.99 Å². The maximum Gasteiger partial charge on any atom is 0.207 e. The molecule has 160 valence electrons. The number of benzene rings is 3. The van der Waals surface area contributed by atoms with Gasteiger partial charge in [0.2, 0.25) is 5.13 Å². The molecule has 0 saturated heterocycles. The molecule has 0 radical (unpaired) electrons. The molecule has 1 aliphatic rings. The summed E-state index contributed by atoms with van der Waals surface area (Å²) in [5, 5.41) is 10.9. The summed E-state index contributed by atoms with van der Waals surface area (Å²) in [4.78, 5) is 4.98. The van der Waals surface area contributed by atoms with Crippen molar-refractivity contribution >= 4 is 33.8 Å². The summed E-state index contributed by atoms with van der Waals surface area (Å²) >= 11 is 7.79. The van der Waals surface area contributed by atoms with Gasteiger partial charge in [-0.1, -0.05) is 65.7 Å². The van der Waals surface area contributed by atoms with Crippen molar-refractivity contribution < 1.29 is 0 Å². The number of nitrogens with zero attached hydrogens (tertiary/aromatic N) is 3. The Morgan fingerprint density at radius 3 is 2.31 bits per heavy atom. The smallest absolute Gasteiger partial charge is 0.207 e. The molecule has 2 heterocycles. The highest BCUT2D eigenvalue weighted by molar-refractivity contribution is 7.14. The van der Waals surface area contributed by atoms with Gasteiger partial charge in [0.1, 0.15) is 0 Å². The number of hydrogen-bond acceptors (Lipinski definition) is 4. The maximum absolute atomic E-state index is 6.15. The lowest BCUT2D eigenvalue weighted by Gasteiger charge is -2.21. The molecule has 0 fully saturated rings. The van der Waals surface area contributed by atoms with Crippen LogP contribution in [0.2, 0.25) is 5.02 Å².